The Hall–Kier alpha value is -0.780. The van der Waals surface area contributed by atoms with Crippen molar-refractivity contribution in [3.05, 3.63) is 35.4 Å². The minimum Gasteiger partial charge on any atom is -0.0617 e. The van der Waals surface area contributed by atoms with Gasteiger partial charge in [0.05, 0.1) is 0 Å². The first-order valence-electron chi connectivity index (χ1n) is 3.38. The molecule has 0 amide bonds. The monoisotopic (exact) mass is 128 g/mol. The Bertz CT molecular complexity index is 201. The molecular formula is C9H20. The number of aryl methyl sites for hydroxylation is 2. The second-order valence-electron chi connectivity index (χ2n) is 2.34. The Labute approximate surface area is 62.5 Å². The van der Waals surface area contributed by atoms with E-state index >= 15 is 0 Å². The van der Waals surface area contributed by atoms with Crippen LogP contribution < -0.4 is 0 Å². The van der Waals surface area contributed by atoms with Gasteiger partial charge in [-0.05, 0) is 18.9 Å². The largest absolute Gasteiger partial charge is 0.0617 e. The molecule has 9 heavy (non-hydrogen) atoms. The number of hydrogen-bond donors (Lipinski definition) is 0. The molecule has 0 saturated carbocycles. The van der Waals surface area contributed by atoms with Crippen molar-refractivity contribution in [3.63, 3.8) is 0 Å². The van der Waals surface area contributed by atoms with E-state index in [0.717, 1.165) is 6.42 Å². The van der Waals surface area contributed by atoms with Crippen molar-refractivity contribution in [2.24, 2.45) is 0 Å². The topological polar surface area (TPSA) is 0 Å². The quantitative estimate of drug-likeness (QED) is 0.542. The molecule has 0 spiro atoms. The summed E-state index contributed by atoms with van der Waals surface area (Å²) in [7, 11) is 0. The van der Waals surface area contributed by atoms with Crippen molar-refractivity contribution in [1.82, 2.24) is 0 Å². The summed E-state index contributed by atoms with van der Waals surface area (Å²) in [4.78, 5) is 0. The van der Waals surface area contributed by atoms with Crippen molar-refractivity contribution < 1.29 is 5.71 Å². The van der Waals surface area contributed by atoms with Crippen LogP contribution in [0.4, 0.5) is 0 Å². The molecule has 0 heterocycles. The molecule has 0 atom stereocenters. The lowest BCUT2D eigenvalue weighted by Crippen LogP contribution is -1.78. The van der Waals surface area contributed by atoms with E-state index in [1.165, 1.54) is 11.1 Å². The van der Waals surface area contributed by atoms with Gasteiger partial charge in [-0.3, -0.25) is 0 Å². The van der Waals surface area contributed by atoms with Crippen LogP contribution >= 0.6 is 0 Å². The first-order valence-corrected chi connectivity index (χ1v) is 3.38. The predicted octanol–water partition coefficient (Wildman–Crippen LogP) is 3.54. The summed E-state index contributed by atoms with van der Waals surface area (Å²) in [5.41, 5.74) is 2.78. The van der Waals surface area contributed by atoms with Crippen LogP contribution in [-0.4, -0.2) is 0 Å². The smallest absolute Gasteiger partial charge is 0 e. The van der Waals surface area contributed by atoms with Gasteiger partial charge >= 0.3 is 0 Å². The van der Waals surface area contributed by atoms with Crippen LogP contribution in [0.3, 0.4) is 0 Å². The van der Waals surface area contributed by atoms with Crippen LogP contribution in [0.1, 0.15) is 23.8 Å². The molecule has 0 aromatic heterocycles. The Morgan fingerprint density at radius 1 is 1.44 bits per heavy atom. The summed E-state index contributed by atoms with van der Waals surface area (Å²) < 4.78 is 0. The average Bonchev–Trinajstić information content (AvgIpc) is 1.88. The molecule has 0 saturated heterocycles. The zero-order valence-corrected chi connectivity index (χ0v) is 6.02. The summed E-state index contributed by atoms with van der Waals surface area (Å²) in [6.45, 7) is 4.30. The van der Waals surface area contributed by atoms with Crippen LogP contribution in [0.5, 0.6) is 0 Å². The highest BCUT2D eigenvalue weighted by atomic mass is 13.9. The van der Waals surface area contributed by atoms with Crippen LogP contribution in [0.2, 0.25) is 0 Å². The van der Waals surface area contributed by atoms with Gasteiger partial charge in [-0.25, -0.2) is 0 Å². The van der Waals surface area contributed by atoms with Crippen molar-refractivity contribution in [1.29, 1.82) is 0 Å². The average molecular weight is 128 g/mol. The molecule has 0 fully saturated rings. The normalized spacial score (nSPS) is 9.56. The van der Waals surface area contributed by atoms with Gasteiger partial charge in [-0.2, -0.15) is 0 Å². The molecule has 1 aromatic carbocycles. The van der Waals surface area contributed by atoms with Crippen molar-refractivity contribution in [2.45, 2.75) is 20.3 Å². The van der Waals surface area contributed by atoms with Gasteiger partial charge in [0.15, 0.2) is 0 Å². The molecule has 0 unspecified atom stereocenters. The standard InChI is InChI=1S/C9H12.4H2/c1-3-9-6-4-5-8(2)7-9;;;;/h4-7H,3H2,1-2H3;4*1H. The first-order chi connectivity index (χ1) is 4.33. The SMILES string of the molecule is CCc1cccc(C)c1.[HH].[HH].[HH].[HH]. The summed E-state index contributed by atoms with van der Waals surface area (Å²) in [5.74, 6) is 0. The van der Waals surface area contributed by atoms with Crippen molar-refractivity contribution in [2.75, 3.05) is 0 Å². The summed E-state index contributed by atoms with van der Waals surface area (Å²) in [6.07, 6.45) is 1.14. The maximum atomic E-state index is 2.22. The molecule has 56 valence electrons. The van der Waals surface area contributed by atoms with E-state index in [-0.39, 0.29) is 5.71 Å². The van der Waals surface area contributed by atoms with E-state index in [4.69, 9.17) is 0 Å². The van der Waals surface area contributed by atoms with E-state index in [9.17, 15) is 0 Å². The fourth-order valence-electron chi connectivity index (χ4n) is 0.932. The molecule has 0 heteroatoms. The molecule has 0 aliphatic heterocycles. The summed E-state index contributed by atoms with van der Waals surface area (Å²) in [6, 6.07) is 8.61. The van der Waals surface area contributed by atoms with Crippen LogP contribution in [0.15, 0.2) is 24.3 Å². The number of rotatable bonds is 1. The van der Waals surface area contributed by atoms with Crippen molar-refractivity contribution >= 4 is 0 Å². The molecule has 0 aliphatic rings. The van der Waals surface area contributed by atoms with Gasteiger partial charge in [-0.1, -0.05) is 36.8 Å². The van der Waals surface area contributed by atoms with Crippen LogP contribution in [0, 0.1) is 6.92 Å². The first kappa shape index (κ1) is 6.34. The molecule has 0 radical (unpaired) electrons. The molecule has 0 bridgehead atoms. The third-order valence-corrected chi connectivity index (χ3v) is 1.49. The highest BCUT2D eigenvalue weighted by Crippen LogP contribution is 2.03. The molecule has 0 aliphatic carbocycles. The van der Waals surface area contributed by atoms with E-state index in [1.54, 1.807) is 0 Å². The molecular weight excluding hydrogens is 108 g/mol. The highest BCUT2D eigenvalue weighted by molar-refractivity contribution is 5.21. The minimum atomic E-state index is 0. The zero-order chi connectivity index (χ0) is 6.69. The lowest BCUT2D eigenvalue weighted by atomic mass is 10.1. The lowest BCUT2D eigenvalue weighted by Gasteiger charge is -1.95. The van der Waals surface area contributed by atoms with E-state index in [1.807, 2.05) is 0 Å². The van der Waals surface area contributed by atoms with Gasteiger partial charge in [0.2, 0.25) is 0 Å². The fraction of sp³-hybridized carbons (Fsp3) is 0.333. The van der Waals surface area contributed by atoms with E-state index < -0.39 is 0 Å². The third-order valence-electron chi connectivity index (χ3n) is 1.49. The zero-order valence-electron chi connectivity index (χ0n) is 6.02. The highest BCUT2D eigenvalue weighted by Gasteiger charge is 1.85. The van der Waals surface area contributed by atoms with Crippen LogP contribution in [-0.2, 0) is 6.42 Å². The van der Waals surface area contributed by atoms with E-state index in [0.29, 0.717) is 0 Å². The fourth-order valence-corrected chi connectivity index (χ4v) is 0.932. The minimum absolute atomic E-state index is 0. The third kappa shape index (κ3) is 1.56. The van der Waals surface area contributed by atoms with Gasteiger partial charge in [0.1, 0.15) is 0 Å². The van der Waals surface area contributed by atoms with Crippen molar-refractivity contribution in [3.8, 4) is 0 Å². The van der Waals surface area contributed by atoms with Gasteiger partial charge in [0, 0.05) is 5.71 Å². The second kappa shape index (κ2) is 2.67. The van der Waals surface area contributed by atoms with Gasteiger partial charge in [0.25, 0.3) is 0 Å². The summed E-state index contributed by atoms with van der Waals surface area (Å²) >= 11 is 0. The van der Waals surface area contributed by atoms with Gasteiger partial charge in [-0.15, -0.1) is 0 Å². The summed E-state index contributed by atoms with van der Waals surface area (Å²) in [5, 5.41) is 0. The second-order valence-corrected chi connectivity index (χ2v) is 2.34. The molecule has 0 N–H and O–H groups in total. The Morgan fingerprint density at radius 3 is 2.67 bits per heavy atom. The Kier molecular flexibility index (Phi) is 1.88. The maximum absolute atomic E-state index is 2.22. The Morgan fingerprint density at radius 2 is 2.22 bits per heavy atom. The van der Waals surface area contributed by atoms with E-state index in [2.05, 4.69) is 38.1 Å². The molecule has 0 nitrogen and oxygen atoms in total. The number of hydrogen-bond acceptors (Lipinski definition) is 0. The maximum Gasteiger partial charge on any atom is 0 e. The Balaban J connectivity index is -0.000000101. The van der Waals surface area contributed by atoms with Crippen LogP contribution in [0.25, 0.3) is 0 Å². The molecule has 1 aromatic rings. The molecule has 1 rings (SSSR count). The lowest BCUT2D eigenvalue weighted by molar-refractivity contribution is 1.13. The van der Waals surface area contributed by atoms with Gasteiger partial charge < -0.3 is 0 Å². The number of benzene rings is 1. The predicted molar refractivity (Wildman–Crippen MR) is 49.0 cm³/mol.